The third kappa shape index (κ3) is 4.22. The van der Waals surface area contributed by atoms with Gasteiger partial charge in [0.1, 0.15) is 6.04 Å². The van der Waals surface area contributed by atoms with E-state index in [1.54, 1.807) is 42.5 Å². The number of benzene rings is 2. The van der Waals surface area contributed by atoms with Gasteiger partial charge in [-0.05, 0) is 24.1 Å². The van der Waals surface area contributed by atoms with Gasteiger partial charge < -0.3 is 20.5 Å². The van der Waals surface area contributed by atoms with Gasteiger partial charge in [0.15, 0.2) is 11.5 Å². The van der Waals surface area contributed by atoms with Gasteiger partial charge in [-0.15, -0.1) is 6.58 Å². The van der Waals surface area contributed by atoms with E-state index in [9.17, 15) is 9.59 Å². The molecule has 0 bridgehead atoms. The molecular formula is C20H22N2O4. The van der Waals surface area contributed by atoms with Crippen molar-refractivity contribution in [1.29, 1.82) is 0 Å². The summed E-state index contributed by atoms with van der Waals surface area (Å²) in [5.74, 6) is -0.119. The van der Waals surface area contributed by atoms with Crippen LogP contribution in [0.2, 0.25) is 0 Å². The van der Waals surface area contributed by atoms with Gasteiger partial charge in [-0.1, -0.05) is 36.4 Å². The molecule has 6 nitrogen and oxygen atoms in total. The van der Waals surface area contributed by atoms with E-state index in [1.165, 1.54) is 14.2 Å². The number of ether oxygens (including phenoxy) is 2. The smallest absolute Gasteiger partial charge is 0.252 e. The Kier molecular flexibility index (Phi) is 6.38. The molecule has 6 heteroatoms. The molecule has 1 atom stereocenters. The first kappa shape index (κ1) is 19.1. The molecule has 2 rings (SSSR count). The van der Waals surface area contributed by atoms with Gasteiger partial charge in [0, 0.05) is 11.1 Å². The quantitative estimate of drug-likeness (QED) is 0.712. The molecule has 0 aromatic heterocycles. The molecular weight excluding hydrogens is 332 g/mol. The summed E-state index contributed by atoms with van der Waals surface area (Å²) >= 11 is 0. The van der Waals surface area contributed by atoms with Crippen LogP contribution >= 0.6 is 0 Å². The minimum Gasteiger partial charge on any atom is -0.493 e. The van der Waals surface area contributed by atoms with E-state index < -0.39 is 17.9 Å². The van der Waals surface area contributed by atoms with Crippen molar-refractivity contribution in [3.63, 3.8) is 0 Å². The van der Waals surface area contributed by atoms with E-state index in [0.29, 0.717) is 29.0 Å². The average Bonchev–Trinajstić information content (AvgIpc) is 2.65. The highest BCUT2D eigenvalue weighted by Gasteiger charge is 2.22. The molecule has 0 saturated carbocycles. The Bertz CT molecular complexity index is 803. The molecule has 136 valence electrons. The molecule has 0 spiro atoms. The van der Waals surface area contributed by atoms with Crippen molar-refractivity contribution in [2.24, 2.45) is 5.73 Å². The van der Waals surface area contributed by atoms with E-state index in [1.807, 2.05) is 6.07 Å². The van der Waals surface area contributed by atoms with Gasteiger partial charge in [0.05, 0.1) is 14.2 Å². The van der Waals surface area contributed by atoms with Crippen LogP contribution in [-0.2, 0) is 11.2 Å². The van der Waals surface area contributed by atoms with Crippen LogP contribution in [-0.4, -0.2) is 26.0 Å². The highest BCUT2D eigenvalue weighted by molar-refractivity contribution is 5.98. The molecule has 26 heavy (non-hydrogen) atoms. The second kappa shape index (κ2) is 8.71. The molecule has 0 heterocycles. The predicted molar refractivity (Wildman–Crippen MR) is 99.3 cm³/mol. The number of carbonyl (C=O) groups excluding carboxylic acids is 2. The second-order valence-corrected chi connectivity index (χ2v) is 5.58. The van der Waals surface area contributed by atoms with Crippen LogP contribution < -0.4 is 20.5 Å². The molecule has 0 aliphatic heterocycles. The van der Waals surface area contributed by atoms with Crippen LogP contribution in [0.4, 0.5) is 0 Å². The molecule has 0 radical (unpaired) electrons. The van der Waals surface area contributed by atoms with Gasteiger partial charge in [0.2, 0.25) is 5.91 Å². The summed E-state index contributed by atoms with van der Waals surface area (Å²) in [6.45, 7) is 3.71. The van der Waals surface area contributed by atoms with Crippen LogP contribution in [0, 0.1) is 0 Å². The van der Waals surface area contributed by atoms with E-state index in [0.717, 1.165) is 5.56 Å². The van der Waals surface area contributed by atoms with Crippen molar-refractivity contribution >= 4 is 11.8 Å². The van der Waals surface area contributed by atoms with Crippen molar-refractivity contribution < 1.29 is 19.1 Å². The van der Waals surface area contributed by atoms with E-state index in [-0.39, 0.29) is 0 Å². The van der Waals surface area contributed by atoms with Gasteiger partial charge in [0.25, 0.3) is 5.91 Å². The number of rotatable bonds is 8. The Balaban J connectivity index is 2.37. The molecule has 0 aliphatic carbocycles. The van der Waals surface area contributed by atoms with E-state index in [2.05, 4.69) is 11.9 Å². The topological polar surface area (TPSA) is 90.7 Å². The maximum absolute atomic E-state index is 12.7. The minimum absolute atomic E-state index is 0.335. The van der Waals surface area contributed by atoms with Crippen molar-refractivity contribution in [1.82, 2.24) is 5.32 Å². The van der Waals surface area contributed by atoms with Crippen LogP contribution in [0.25, 0.3) is 0 Å². The van der Waals surface area contributed by atoms with Gasteiger partial charge >= 0.3 is 0 Å². The zero-order chi connectivity index (χ0) is 19.1. The largest absolute Gasteiger partial charge is 0.493 e. The molecule has 2 aromatic rings. The molecule has 2 aromatic carbocycles. The molecule has 0 aliphatic rings. The normalized spacial score (nSPS) is 11.3. The molecule has 0 saturated heterocycles. The predicted octanol–water partition coefficient (Wildman–Crippen LogP) is 2.39. The molecule has 0 fully saturated rings. The number of nitrogens with two attached hydrogens (primary N) is 1. The van der Waals surface area contributed by atoms with Crippen LogP contribution in [0.5, 0.6) is 11.5 Å². The Morgan fingerprint density at radius 3 is 2.42 bits per heavy atom. The van der Waals surface area contributed by atoms with Gasteiger partial charge in [-0.2, -0.15) is 0 Å². The summed E-state index contributed by atoms with van der Waals surface area (Å²) in [6, 6.07) is 11.1. The monoisotopic (exact) mass is 354 g/mol. The maximum Gasteiger partial charge on any atom is 0.252 e. The van der Waals surface area contributed by atoms with E-state index >= 15 is 0 Å². The lowest BCUT2D eigenvalue weighted by Crippen LogP contribution is -2.37. The Labute approximate surface area is 152 Å². The second-order valence-electron chi connectivity index (χ2n) is 5.58. The van der Waals surface area contributed by atoms with E-state index in [4.69, 9.17) is 15.2 Å². The molecule has 3 N–H and O–H groups in total. The van der Waals surface area contributed by atoms with Crippen LogP contribution in [0.3, 0.4) is 0 Å². The number of primary amides is 1. The first-order valence-electron chi connectivity index (χ1n) is 8.02. The minimum atomic E-state index is -0.931. The number of amides is 2. The summed E-state index contributed by atoms with van der Waals surface area (Å²) in [5.41, 5.74) is 7.16. The SMILES string of the molecule is C=CCc1cc(C(=O)NC(C(N)=O)c2ccccc2)cc(OC)c1OC. The fourth-order valence-electron chi connectivity index (χ4n) is 2.66. The third-order valence-corrected chi connectivity index (χ3v) is 3.88. The number of allylic oxidation sites excluding steroid dienone is 1. The Morgan fingerprint density at radius 2 is 1.88 bits per heavy atom. The summed E-state index contributed by atoms with van der Waals surface area (Å²) in [4.78, 5) is 24.5. The van der Waals surface area contributed by atoms with Crippen molar-refractivity contribution in [2.75, 3.05) is 14.2 Å². The number of methoxy groups -OCH3 is 2. The average molecular weight is 354 g/mol. The zero-order valence-corrected chi connectivity index (χ0v) is 14.8. The molecule has 2 amide bonds. The first-order valence-corrected chi connectivity index (χ1v) is 8.02. The lowest BCUT2D eigenvalue weighted by atomic mass is 10.0. The van der Waals surface area contributed by atoms with Gasteiger partial charge in [-0.25, -0.2) is 0 Å². The molecule has 1 unspecified atom stereocenters. The fourth-order valence-corrected chi connectivity index (χ4v) is 2.66. The number of carbonyl (C=O) groups is 2. The third-order valence-electron chi connectivity index (χ3n) is 3.88. The van der Waals surface area contributed by atoms with Crippen LogP contribution in [0.1, 0.15) is 27.5 Å². The van der Waals surface area contributed by atoms with Crippen molar-refractivity contribution in [2.45, 2.75) is 12.5 Å². The number of hydrogen-bond acceptors (Lipinski definition) is 4. The maximum atomic E-state index is 12.7. The van der Waals surface area contributed by atoms with Crippen molar-refractivity contribution in [3.8, 4) is 11.5 Å². The van der Waals surface area contributed by atoms with Crippen molar-refractivity contribution in [3.05, 3.63) is 71.8 Å². The number of hydrogen-bond donors (Lipinski definition) is 2. The van der Waals surface area contributed by atoms with Crippen LogP contribution in [0.15, 0.2) is 55.1 Å². The summed E-state index contributed by atoms with van der Waals surface area (Å²) in [6.07, 6.45) is 2.20. The number of nitrogens with one attached hydrogen (secondary N) is 1. The van der Waals surface area contributed by atoms with Gasteiger partial charge in [-0.3, -0.25) is 9.59 Å². The Morgan fingerprint density at radius 1 is 1.19 bits per heavy atom. The fraction of sp³-hybridized carbons (Fsp3) is 0.200. The summed E-state index contributed by atoms with van der Waals surface area (Å²) in [7, 11) is 3.02. The highest BCUT2D eigenvalue weighted by atomic mass is 16.5. The summed E-state index contributed by atoms with van der Waals surface area (Å²) in [5, 5.41) is 2.67. The summed E-state index contributed by atoms with van der Waals surface area (Å²) < 4.78 is 10.7. The standard InChI is InChI=1S/C20H22N2O4/c1-4-8-14-11-15(12-16(25-2)18(14)26-3)20(24)22-17(19(21)23)13-9-6-5-7-10-13/h4-7,9-12,17H,1,8H2,2-3H3,(H2,21,23)(H,22,24). The zero-order valence-electron chi connectivity index (χ0n) is 14.8. The lowest BCUT2D eigenvalue weighted by Gasteiger charge is -2.18. The Hall–Kier alpha value is -3.28. The first-order chi connectivity index (χ1) is 12.5. The lowest BCUT2D eigenvalue weighted by molar-refractivity contribution is -0.120. The highest BCUT2D eigenvalue weighted by Crippen LogP contribution is 2.33.